The second-order valence-corrected chi connectivity index (χ2v) is 4.41. The molecule has 2 N–H and O–H groups in total. The maximum atomic E-state index is 5.86. The number of guanidine groups is 1. The van der Waals surface area contributed by atoms with Crippen molar-refractivity contribution in [2.45, 2.75) is 6.42 Å². The Morgan fingerprint density at radius 2 is 2.13 bits per heavy atom. The highest BCUT2D eigenvalue weighted by Gasteiger charge is 2.11. The van der Waals surface area contributed by atoms with Crippen LogP contribution >= 0.6 is 35.7 Å². The van der Waals surface area contributed by atoms with Crippen LogP contribution in [0.4, 0.5) is 0 Å². The van der Waals surface area contributed by atoms with Gasteiger partial charge in [0, 0.05) is 44.9 Å². The van der Waals surface area contributed by atoms with E-state index in [9.17, 15) is 0 Å². The van der Waals surface area contributed by atoms with Gasteiger partial charge in [-0.05, 0) is 6.42 Å². The standard InChI is InChI=1S/C9H19N3OS.HI/c1-13-6-2-3-11-9(10)12-4-7-14-8-5-12;/h2-8H2,1H3,(H2,10,11);1H. The van der Waals surface area contributed by atoms with Gasteiger partial charge in [-0.25, -0.2) is 0 Å². The third kappa shape index (κ3) is 6.47. The van der Waals surface area contributed by atoms with Crippen molar-refractivity contribution in [1.82, 2.24) is 4.90 Å². The monoisotopic (exact) mass is 345 g/mol. The van der Waals surface area contributed by atoms with Crippen LogP contribution in [0.25, 0.3) is 0 Å². The molecule has 6 heteroatoms. The van der Waals surface area contributed by atoms with Gasteiger partial charge < -0.3 is 15.4 Å². The molecule has 1 aliphatic heterocycles. The Bertz CT molecular complexity index is 186. The molecular formula is C9H20IN3OS. The van der Waals surface area contributed by atoms with Crippen molar-refractivity contribution in [3.8, 4) is 0 Å². The number of halogens is 1. The second-order valence-electron chi connectivity index (χ2n) is 3.19. The van der Waals surface area contributed by atoms with Gasteiger partial charge in [-0.3, -0.25) is 4.99 Å². The molecule has 1 aliphatic rings. The minimum Gasteiger partial charge on any atom is -0.385 e. The van der Waals surface area contributed by atoms with Gasteiger partial charge >= 0.3 is 0 Å². The quantitative estimate of drug-likeness (QED) is 0.358. The summed E-state index contributed by atoms with van der Waals surface area (Å²) in [5.74, 6) is 3.02. The van der Waals surface area contributed by atoms with Crippen molar-refractivity contribution in [3.63, 3.8) is 0 Å². The highest BCUT2D eigenvalue weighted by atomic mass is 127. The Kier molecular flexibility index (Phi) is 9.73. The van der Waals surface area contributed by atoms with Crippen molar-refractivity contribution in [1.29, 1.82) is 0 Å². The van der Waals surface area contributed by atoms with Crippen molar-refractivity contribution in [2.75, 3.05) is 44.9 Å². The summed E-state index contributed by atoms with van der Waals surface area (Å²) in [6.45, 7) is 3.59. The average Bonchev–Trinajstić information content (AvgIpc) is 2.25. The summed E-state index contributed by atoms with van der Waals surface area (Å²) in [5.41, 5.74) is 5.86. The number of ether oxygens (including phenoxy) is 1. The van der Waals surface area contributed by atoms with Crippen molar-refractivity contribution in [2.24, 2.45) is 10.7 Å². The number of thioether (sulfide) groups is 1. The van der Waals surface area contributed by atoms with E-state index in [1.807, 2.05) is 11.8 Å². The Labute approximate surface area is 113 Å². The van der Waals surface area contributed by atoms with E-state index in [0.29, 0.717) is 5.96 Å². The summed E-state index contributed by atoms with van der Waals surface area (Å²) in [6, 6.07) is 0. The second kappa shape index (κ2) is 9.53. The first-order chi connectivity index (χ1) is 6.84. The number of hydrogen-bond donors (Lipinski definition) is 1. The zero-order valence-electron chi connectivity index (χ0n) is 9.15. The van der Waals surface area contributed by atoms with E-state index >= 15 is 0 Å². The summed E-state index contributed by atoms with van der Waals surface area (Å²) < 4.78 is 4.94. The molecule has 0 spiro atoms. The van der Waals surface area contributed by atoms with Crippen LogP contribution in [-0.4, -0.2) is 55.7 Å². The van der Waals surface area contributed by atoms with Gasteiger partial charge in [0.05, 0.1) is 0 Å². The van der Waals surface area contributed by atoms with Crippen LogP contribution in [0.5, 0.6) is 0 Å². The molecule has 0 aromatic carbocycles. The summed E-state index contributed by atoms with van der Waals surface area (Å²) >= 11 is 1.98. The number of nitrogens with two attached hydrogens (primary N) is 1. The summed E-state index contributed by atoms with van der Waals surface area (Å²) in [7, 11) is 1.70. The van der Waals surface area contributed by atoms with E-state index in [-0.39, 0.29) is 24.0 Å². The molecule has 1 saturated heterocycles. The summed E-state index contributed by atoms with van der Waals surface area (Å²) in [4.78, 5) is 6.47. The van der Waals surface area contributed by atoms with Crippen LogP contribution in [0.2, 0.25) is 0 Å². The molecule has 4 nitrogen and oxygen atoms in total. The molecule has 0 aliphatic carbocycles. The van der Waals surface area contributed by atoms with Crippen molar-refractivity contribution < 1.29 is 4.74 Å². The zero-order valence-corrected chi connectivity index (χ0v) is 12.3. The van der Waals surface area contributed by atoms with Crippen LogP contribution in [0.3, 0.4) is 0 Å². The van der Waals surface area contributed by atoms with Gasteiger partial charge in [-0.1, -0.05) is 0 Å². The molecule has 1 fully saturated rings. The smallest absolute Gasteiger partial charge is 0.191 e. The number of nitrogens with zero attached hydrogens (tertiary/aromatic N) is 2. The highest BCUT2D eigenvalue weighted by Crippen LogP contribution is 2.08. The number of hydrogen-bond acceptors (Lipinski definition) is 3. The molecule has 0 aromatic heterocycles. The molecule has 0 radical (unpaired) electrons. The molecule has 1 heterocycles. The minimum absolute atomic E-state index is 0. The van der Waals surface area contributed by atoms with Crippen LogP contribution in [0.1, 0.15) is 6.42 Å². The molecule has 90 valence electrons. The maximum Gasteiger partial charge on any atom is 0.191 e. The van der Waals surface area contributed by atoms with E-state index in [2.05, 4.69) is 9.89 Å². The molecule has 0 atom stereocenters. The summed E-state index contributed by atoms with van der Waals surface area (Å²) in [6.07, 6.45) is 0.944. The van der Waals surface area contributed by atoms with Gasteiger partial charge in [-0.15, -0.1) is 24.0 Å². The van der Waals surface area contributed by atoms with E-state index in [0.717, 1.165) is 44.2 Å². The largest absolute Gasteiger partial charge is 0.385 e. The lowest BCUT2D eigenvalue weighted by Crippen LogP contribution is -2.42. The Hall–Kier alpha value is 0.310. The number of aliphatic imine (C=N–C) groups is 1. The van der Waals surface area contributed by atoms with E-state index in [1.165, 1.54) is 0 Å². The lowest BCUT2D eigenvalue weighted by molar-refractivity contribution is 0.197. The predicted molar refractivity (Wildman–Crippen MR) is 77.3 cm³/mol. The van der Waals surface area contributed by atoms with Gasteiger partial charge in [0.25, 0.3) is 0 Å². The molecule has 0 saturated carbocycles. The molecular weight excluding hydrogens is 325 g/mol. The van der Waals surface area contributed by atoms with E-state index < -0.39 is 0 Å². The van der Waals surface area contributed by atoms with Crippen molar-refractivity contribution >= 4 is 41.7 Å². The highest BCUT2D eigenvalue weighted by molar-refractivity contribution is 14.0. The SMILES string of the molecule is COCCCN=C(N)N1CCSCC1.I. The fourth-order valence-electron chi connectivity index (χ4n) is 1.29. The molecule has 0 bridgehead atoms. The van der Waals surface area contributed by atoms with Crippen molar-refractivity contribution in [3.05, 3.63) is 0 Å². The van der Waals surface area contributed by atoms with Crippen LogP contribution in [-0.2, 0) is 4.74 Å². The van der Waals surface area contributed by atoms with Gasteiger partial charge in [-0.2, -0.15) is 11.8 Å². The van der Waals surface area contributed by atoms with Gasteiger partial charge in [0.1, 0.15) is 0 Å². The third-order valence-corrected chi connectivity index (χ3v) is 3.06. The van der Waals surface area contributed by atoms with E-state index in [4.69, 9.17) is 10.5 Å². The Morgan fingerprint density at radius 1 is 1.47 bits per heavy atom. The van der Waals surface area contributed by atoms with Gasteiger partial charge in [0.15, 0.2) is 5.96 Å². The molecule has 1 rings (SSSR count). The van der Waals surface area contributed by atoms with Crippen LogP contribution in [0, 0.1) is 0 Å². The average molecular weight is 345 g/mol. The Morgan fingerprint density at radius 3 is 2.73 bits per heavy atom. The molecule has 0 unspecified atom stereocenters. The normalized spacial score (nSPS) is 17.4. The summed E-state index contributed by atoms with van der Waals surface area (Å²) in [5, 5.41) is 0. The zero-order chi connectivity index (χ0) is 10.2. The Balaban J connectivity index is 0.00000196. The van der Waals surface area contributed by atoms with Gasteiger partial charge in [0.2, 0.25) is 0 Å². The first-order valence-corrected chi connectivity index (χ1v) is 6.11. The fraction of sp³-hybridized carbons (Fsp3) is 0.889. The van der Waals surface area contributed by atoms with E-state index in [1.54, 1.807) is 7.11 Å². The molecule has 0 aromatic rings. The lowest BCUT2D eigenvalue weighted by atomic mass is 10.4. The third-order valence-electron chi connectivity index (χ3n) is 2.12. The molecule has 0 amide bonds. The fourth-order valence-corrected chi connectivity index (χ4v) is 2.20. The predicted octanol–water partition coefficient (Wildman–Crippen LogP) is 1.00. The lowest BCUT2D eigenvalue weighted by Gasteiger charge is -2.27. The topological polar surface area (TPSA) is 50.9 Å². The maximum absolute atomic E-state index is 5.86. The molecule has 15 heavy (non-hydrogen) atoms. The van der Waals surface area contributed by atoms with Crippen LogP contribution < -0.4 is 5.73 Å². The minimum atomic E-state index is 0. The number of rotatable bonds is 4. The first kappa shape index (κ1) is 15.3. The first-order valence-electron chi connectivity index (χ1n) is 4.96. The number of methoxy groups -OCH3 is 1. The van der Waals surface area contributed by atoms with Crippen LogP contribution in [0.15, 0.2) is 4.99 Å².